The van der Waals surface area contributed by atoms with Gasteiger partial charge in [-0.3, -0.25) is 14.7 Å². The molecule has 4 nitrogen and oxygen atoms in total. The van der Waals surface area contributed by atoms with Gasteiger partial charge in [0.2, 0.25) is 0 Å². The number of ether oxygens (including phenoxy) is 1. The van der Waals surface area contributed by atoms with E-state index in [2.05, 4.69) is 53.2 Å². The molecule has 3 aliphatic heterocycles. The van der Waals surface area contributed by atoms with E-state index in [4.69, 9.17) is 4.74 Å². The van der Waals surface area contributed by atoms with Gasteiger partial charge < -0.3 is 4.74 Å². The number of esters is 1. The van der Waals surface area contributed by atoms with Gasteiger partial charge in [-0.1, -0.05) is 86.1 Å². The van der Waals surface area contributed by atoms with E-state index in [0.717, 1.165) is 53.0 Å². The molecule has 4 heteroatoms. The average Bonchev–Trinajstić information content (AvgIpc) is 2.96. The number of carbonyl (C=O) groups excluding carboxylic acids is 1. The molecule has 7 rings (SSSR count). The van der Waals surface area contributed by atoms with Gasteiger partial charge in [-0.2, -0.15) is 0 Å². The molecule has 188 valence electrons. The number of hydrogen-bond acceptors (Lipinski definition) is 4. The van der Waals surface area contributed by atoms with Crippen molar-refractivity contribution in [2.24, 2.45) is 11.8 Å². The number of rotatable bonds is 7. The van der Waals surface area contributed by atoms with E-state index in [1.54, 1.807) is 0 Å². The summed E-state index contributed by atoms with van der Waals surface area (Å²) in [5.74, 6) is 1.28. The second-order valence-electron chi connectivity index (χ2n) is 10.6. The number of carbonyl (C=O) groups is 1. The minimum absolute atomic E-state index is 0.173. The van der Waals surface area contributed by atoms with Crippen LogP contribution in [0.5, 0.6) is 0 Å². The summed E-state index contributed by atoms with van der Waals surface area (Å²) in [6.07, 6.45) is 5.37. The molecule has 3 saturated heterocycles. The molecule has 3 aromatic carbocycles. The van der Waals surface area contributed by atoms with Crippen molar-refractivity contribution in [2.75, 3.05) is 13.1 Å². The van der Waals surface area contributed by atoms with Crippen molar-refractivity contribution in [2.45, 2.75) is 44.8 Å². The second-order valence-corrected chi connectivity index (χ2v) is 10.6. The lowest BCUT2D eigenvalue weighted by Gasteiger charge is -2.51. The predicted octanol–water partition coefficient (Wildman–Crippen LogP) is 6.85. The number of pyridine rings is 1. The Hall–Kier alpha value is -3.50. The lowest BCUT2D eigenvalue weighted by molar-refractivity contribution is -0.157. The zero-order chi connectivity index (χ0) is 25.2. The van der Waals surface area contributed by atoms with Gasteiger partial charge in [0.05, 0.1) is 18.0 Å². The first-order chi connectivity index (χ1) is 18.2. The molecular formula is C33H34N2O2. The van der Waals surface area contributed by atoms with Crippen LogP contribution < -0.4 is 0 Å². The molecule has 4 heterocycles. The van der Waals surface area contributed by atoms with Gasteiger partial charge in [0.15, 0.2) is 0 Å². The molecule has 0 spiro atoms. The molecule has 0 saturated carbocycles. The second kappa shape index (κ2) is 10.5. The minimum Gasteiger partial charge on any atom is -0.456 e. The summed E-state index contributed by atoms with van der Waals surface area (Å²) in [6.45, 7) is 4.49. The molecule has 0 N–H and O–H groups in total. The van der Waals surface area contributed by atoms with Crippen molar-refractivity contribution >= 4 is 16.9 Å². The Morgan fingerprint density at radius 2 is 1.73 bits per heavy atom. The fourth-order valence-corrected chi connectivity index (χ4v) is 6.47. The zero-order valence-electron chi connectivity index (χ0n) is 21.4. The lowest BCUT2D eigenvalue weighted by atomic mass is 9.72. The summed E-state index contributed by atoms with van der Waals surface area (Å²) in [5, 5.41) is 1.07. The van der Waals surface area contributed by atoms with Crippen LogP contribution in [0.4, 0.5) is 0 Å². The van der Waals surface area contributed by atoms with E-state index in [9.17, 15) is 4.79 Å². The summed E-state index contributed by atoms with van der Waals surface area (Å²) in [4.78, 5) is 20.5. The van der Waals surface area contributed by atoms with Crippen LogP contribution >= 0.6 is 0 Å². The minimum atomic E-state index is -0.301. The highest BCUT2D eigenvalue weighted by Gasteiger charge is 2.44. The van der Waals surface area contributed by atoms with Crippen molar-refractivity contribution < 1.29 is 9.53 Å². The predicted molar refractivity (Wildman–Crippen MR) is 148 cm³/mol. The van der Waals surface area contributed by atoms with E-state index in [-0.39, 0.29) is 24.5 Å². The topological polar surface area (TPSA) is 42.4 Å². The van der Waals surface area contributed by atoms with E-state index in [1.165, 1.54) is 18.4 Å². The summed E-state index contributed by atoms with van der Waals surface area (Å²) < 4.78 is 6.42. The summed E-state index contributed by atoms with van der Waals surface area (Å²) >= 11 is 0. The maximum Gasteiger partial charge on any atom is 0.310 e. The number of hydrogen-bond donors (Lipinski definition) is 0. The first-order valence-electron chi connectivity index (χ1n) is 13.6. The fraction of sp³-hybridized carbons (Fsp3) is 0.333. The smallest absolute Gasteiger partial charge is 0.310 e. The first kappa shape index (κ1) is 23.9. The molecular weight excluding hydrogens is 456 g/mol. The summed E-state index contributed by atoms with van der Waals surface area (Å²) in [5.41, 5.74) is 5.31. The first-order valence-corrected chi connectivity index (χ1v) is 13.6. The van der Waals surface area contributed by atoms with E-state index in [1.807, 2.05) is 54.7 Å². The molecule has 1 unspecified atom stereocenters. The Morgan fingerprint density at radius 1 is 0.973 bits per heavy atom. The monoisotopic (exact) mass is 490 g/mol. The number of para-hydroxylation sites is 1. The Bertz CT molecular complexity index is 1360. The van der Waals surface area contributed by atoms with E-state index >= 15 is 0 Å². The maximum atomic E-state index is 13.4. The van der Waals surface area contributed by atoms with Gasteiger partial charge in [0.1, 0.15) is 6.10 Å². The van der Waals surface area contributed by atoms with E-state index in [0.29, 0.717) is 5.92 Å². The third-order valence-electron chi connectivity index (χ3n) is 8.47. The Morgan fingerprint density at radius 3 is 2.49 bits per heavy atom. The standard InChI is InChI=1S/C33H34N2O2/c1-2-24-22-35-19-17-27(24)21-31(35)33(29-16-18-34-30-11-7-6-10-28(29)30)37-32(36)20-23-12-14-26(15-13-23)25-8-4-3-5-9-25/h3-16,18,24,27,31,33H,2,17,19-22H2,1H3/t24-,27-,31+,33-/m0/s1. The van der Waals surface area contributed by atoms with Crippen molar-refractivity contribution in [3.05, 3.63) is 102 Å². The van der Waals surface area contributed by atoms with Crippen LogP contribution in [0.15, 0.2) is 91.1 Å². The van der Waals surface area contributed by atoms with Crippen LogP contribution in [0, 0.1) is 11.8 Å². The quantitative estimate of drug-likeness (QED) is 0.266. The molecule has 3 fully saturated rings. The molecule has 2 bridgehead atoms. The lowest BCUT2D eigenvalue weighted by Crippen LogP contribution is -2.55. The third kappa shape index (κ3) is 4.91. The molecule has 0 aliphatic carbocycles. The van der Waals surface area contributed by atoms with Crippen LogP contribution in [0.25, 0.3) is 22.0 Å². The highest BCUT2D eigenvalue weighted by Crippen LogP contribution is 2.44. The van der Waals surface area contributed by atoms with Crippen molar-refractivity contribution in [3.63, 3.8) is 0 Å². The SMILES string of the molecule is CC[C@H]1CN2CC[C@H]1C[C@@H]2[C@@H](OC(=O)Cc1ccc(-c2ccccc2)cc1)c1ccnc2ccccc12. The number of nitrogens with zero attached hydrogens (tertiary/aromatic N) is 2. The van der Waals surface area contributed by atoms with Gasteiger partial charge in [-0.15, -0.1) is 0 Å². The normalized spacial score (nSPS) is 23.6. The zero-order valence-corrected chi connectivity index (χ0v) is 21.4. The van der Waals surface area contributed by atoms with Crippen LogP contribution in [0.2, 0.25) is 0 Å². The van der Waals surface area contributed by atoms with Gasteiger partial charge in [-0.25, -0.2) is 0 Å². The number of aromatic nitrogens is 1. The molecule has 0 radical (unpaired) electrons. The van der Waals surface area contributed by atoms with Crippen LogP contribution in [-0.4, -0.2) is 35.0 Å². The maximum absolute atomic E-state index is 13.4. The number of piperidine rings is 3. The van der Waals surface area contributed by atoms with Crippen LogP contribution in [-0.2, 0) is 16.0 Å². The van der Waals surface area contributed by atoms with Crippen molar-refractivity contribution in [1.82, 2.24) is 9.88 Å². The molecule has 4 aromatic rings. The van der Waals surface area contributed by atoms with Gasteiger partial charge >= 0.3 is 5.97 Å². The van der Waals surface area contributed by atoms with Gasteiger partial charge in [-0.05, 0) is 60.0 Å². The van der Waals surface area contributed by atoms with Crippen molar-refractivity contribution in [3.8, 4) is 11.1 Å². The molecule has 1 aromatic heterocycles. The summed E-state index contributed by atoms with van der Waals surface area (Å²) in [7, 11) is 0. The molecule has 37 heavy (non-hydrogen) atoms. The third-order valence-corrected chi connectivity index (χ3v) is 8.47. The highest BCUT2D eigenvalue weighted by molar-refractivity contribution is 5.83. The Labute approximate surface area is 219 Å². The van der Waals surface area contributed by atoms with Crippen LogP contribution in [0.3, 0.4) is 0 Å². The number of benzene rings is 3. The van der Waals surface area contributed by atoms with E-state index < -0.39 is 0 Å². The average molecular weight is 491 g/mol. The van der Waals surface area contributed by atoms with Crippen molar-refractivity contribution in [1.29, 1.82) is 0 Å². The Balaban J connectivity index is 1.26. The number of fused-ring (bicyclic) bond motifs is 4. The summed E-state index contributed by atoms with van der Waals surface area (Å²) in [6, 6.07) is 29.0. The molecule has 0 amide bonds. The molecule has 3 aliphatic rings. The van der Waals surface area contributed by atoms with Gasteiger partial charge in [0.25, 0.3) is 0 Å². The fourth-order valence-electron chi connectivity index (χ4n) is 6.47. The van der Waals surface area contributed by atoms with Crippen LogP contribution in [0.1, 0.15) is 43.4 Å². The Kier molecular flexibility index (Phi) is 6.75. The highest BCUT2D eigenvalue weighted by atomic mass is 16.5. The molecule has 5 atom stereocenters. The largest absolute Gasteiger partial charge is 0.456 e. The van der Waals surface area contributed by atoms with Gasteiger partial charge in [0, 0.05) is 23.7 Å².